The molecule has 0 saturated heterocycles. The molecular weight excluding hydrogens is 350 g/mol. The number of nitrogens with two attached hydrogens (primary N) is 2. The molecule has 116 valence electrons. The van der Waals surface area contributed by atoms with Crippen molar-refractivity contribution in [1.82, 2.24) is 14.6 Å². The third kappa shape index (κ3) is 2.62. The lowest BCUT2D eigenvalue weighted by atomic mass is 10.2. The van der Waals surface area contributed by atoms with Crippen LogP contribution in [0.1, 0.15) is 0 Å². The van der Waals surface area contributed by atoms with Gasteiger partial charge in [0, 0.05) is 5.56 Å². The lowest BCUT2D eigenvalue weighted by Crippen LogP contribution is -2.12. The van der Waals surface area contributed by atoms with E-state index in [0.717, 1.165) is 11.3 Å². The van der Waals surface area contributed by atoms with Gasteiger partial charge in [0.25, 0.3) is 10.0 Å². The summed E-state index contributed by atoms with van der Waals surface area (Å²) in [5.41, 5.74) is 0.900. The topological polar surface area (TPSA) is 151 Å². The number of hydrogen-bond donors (Lipinski definition) is 2. The Morgan fingerprint density at radius 1 is 1.09 bits per heavy atom. The van der Waals surface area contributed by atoms with Crippen molar-refractivity contribution in [2.24, 2.45) is 10.3 Å². The largest absolute Gasteiger partial charge is 0.267 e. The molecule has 9 nitrogen and oxygen atoms in total. The zero-order chi connectivity index (χ0) is 16.1. The molecule has 2 aromatic heterocycles. The van der Waals surface area contributed by atoms with E-state index in [1.54, 1.807) is 6.07 Å². The van der Waals surface area contributed by atoms with Gasteiger partial charge in [-0.25, -0.2) is 36.6 Å². The Morgan fingerprint density at radius 3 is 2.45 bits per heavy atom. The number of rotatable bonds is 3. The van der Waals surface area contributed by atoms with E-state index in [2.05, 4.69) is 10.1 Å². The highest BCUT2D eigenvalue weighted by molar-refractivity contribution is 7.91. The summed E-state index contributed by atoms with van der Waals surface area (Å²) in [6.45, 7) is 0. The van der Waals surface area contributed by atoms with Crippen molar-refractivity contribution in [2.45, 2.75) is 9.24 Å². The Hall–Kier alpha value is -1.86. The molecule has 4 N–H and O–H groups in total. The van der Waals surface area contributed by atoms with Crippen LogP contribution in [0.25, 0.3) is 16.2 Å². The molecule has 0 amide bonds. The van der Waals surface area contributed by atoms with Gasteiger partial charge in [-0.1, -0.05) is 23.5 Å². The fraction of sp³-hybridized carbons (Fsp3) is 0. The third-order valence-corrected chi connectivity index (χ3v) is 5.91. The van der Waals surface area contributed by atoms with Gasteiger partial charge in [0.2, 0.25) is 19.3 Å². The van der Waals surface area contributed by atoms with Crippen LogP contribution in [0, 0.1) is 0 Å². The Morgan fingerprint density at radius 2 is 1.82 bits per heavy atom. The van der Waals surface area contributed by atoms with E-state index in [-0.39, 0.29) is 9.24 Å². The summed E-state index contributed by atoms with van der Waals surface area (Å²) in [4.78, 5) is 4.29. The second-order valence-corrected chi connectivity index (χ2v) is 8.58. The van der Waals surface area contributed by atoms with Crippen LogP contribution in [0.15, 0.2) is 39.7 Å². The SMILES string of the molecule is NS(=O)(=O)c1cccc(-c2cnc3sc(S(N)(=O)=O)nn23)c1. The monoisotopic (exact) mass is 359 g/mol. The smallest absolute Gasteiger partial charge is 0.225 e. The highest BCUT2D eigenvalue weighted by Gasteiger charge is 2.19. The standard InChI is InChI=1S/C10H9N5O4S3/c11-21(16,17)7-3-1-2-6(4-7)8-5-13-9-15(8)14-10(20-9)22(12,18)19/h1-5H,(H2,11,16,17)(H2,12,18,19). The summed E-state index contributed by atoms with van der Waals surface area (Å²) < 4.78 is 46.5. The molecule has 3 aromatic rings. The summed E-state index contributed by atoms with van der Waals surface area (Å²) in [6, 6.07) is 5.86. The van der Waals surface area contributed by atoms with Gasteiger partial charge in [0.05, 0.1) is 16.8 Å². The van der Waals surface area contributed by atoms with Crippen molar-refractivity contribution >= 4 is 36.3 Å². The Balaban J connectivity index is 2.21. The number of imidazole rings is 1. The molecule has 0 fully saturated rings. The van der Waals surface area contributed by atoms with Crippen LogP contribution in [0.3, 0.4) is 0 Å². The van der Waals surface area contributed by atoms with Crippen LogP contribution >= 0.6 is 11.3 Å². The molecule has 0 spiro atoms. The first-order valence-electron chi connectivity index (χ1n) is 5.67. The molecule has 22 heavy (non-hydrogen) atoms. The molecule has 3 rings (SSSR count). The normalized spacial score (nSPS) is 12.8. The molecule has 1 aromatic carbocycles. The van der Waals surface area contributed by atoms with Gasteiger partial charge in [-0.15, -0.1) is 5.10 Å². The summed E-state index contributed by atoms with van der Waals surface area (Å²) in [5.74, 6) is 0. The fourth-order valence-corrected chi connectivity index (χ4v) is 3.87. The zero-order valence-electron chi connectivity index (χ0n) is 10.7. The predicted molar refractivity (Wildman–Crippen MR) is 79.0 cm³/mol. The Labute approximate surface area is 129 Å². The number of aromatic nitrogens is 3. The number of nitrogens with zero attached hydrogens (tertiary/aromatic N) is 3. The molecule has 0 saturated carbocycles. The molecule has 0 aliphatic heterocycles. The minimum absolute atomic E-state index is 0.0677. The van der Waals surface area contributed by atoms with Crippen LogP contribution < -0.4 is 10.3 Å². The number of hydrogen-bond acceptors (Lipinski definition) is 7. The maximum Gasteiger partial charge on any atom is 0.267 e. The minimum Gasteiger partial charge on any atom is -0.225 e. The molecule has 2 heterocycles. The van der Waals surface area contributed by atoms with Crippen molar-refractivity contribution in [1.29, 1.82) is 0 Å². The highest BCUT2D eigenvalue weighted by Crippen LogP contribution is 2.26. The van der Waals surface area contributed by atoms with Crippen molar-refractivity contribution in [3.8, 4) is 11.3 Å². The molecule has 0 bridgehead atoms. The summed E-state index contributed by atoms with van der Waals surface area (Å²) in [6.07, 6.45) is 1.45. The second kappa shape index (κ2) is 4.82. The molecule has 12 heteroatoms. The molecular formula is C10H9N5O4S3. The van der Waals surface area contributed by atoms with Crippen molar-refractivity contribution in [3.05, 3.63) is 30.5 Å². The van der Waals surface area contributed by atoms with Crippen LogP contribution in [0.4, 0.5) is 0 Å². The minimum atomic E-state index is -3.93. The summed E-state index contributed by atoms with van der Waals surface area (Å²) in [7, 11) is -7.79. The van der Waals surface area contributed by atoms with Crippen LogP contribution in [0.5, 0.6) is 0 Å². The van der Waals surface area contributed by atoms with Crippen molar-refractivity contribution < 1.29 is 16.8 Å². The van der Waals surface area contributed by atoms with E-state index in [9.17, 15) is 16.8 Å². The van der Waals surface area contributed by atoms with Gasteiger partial charge in [-0.3, -0.25) is 0 Å². The maximum absolute atomic E-state index is 11.4. The van der Waals surface area contributed by atoms with Crippen molar-refractivity contribution in [3.63, 3.8) is 0 Å². The maximum atomic E-state index is 11.4. The lowest BCUT2D eigenvalue weighted by Gasteiger charge is -2.02. The molecule has 0 atom stereocenters. The number of fused-ring (bicyclic) bond motifs is 1. The first-order chi connectivity index (χ1) is 10.2. The van der Waals surface area contributed by atoms with E-state index in [4.69, 9.17) is 10.3 Å². The van der Waals surface area contributed by atoms with Crippen LogP contribution in [-0.4, -0.2) is 31.4 Å². The molecule has 0 aliphatic rings. The fourth-order valence-electron chi connectivity index (χ4n) is 1.82. The van der Waals surface area contributed by atoms with Crippen LogP contribution in [-0.2, 0) is 20.0 Å². The first kappa shape index (κ1) is 15.1. The Kier molecular flexibility index (Phi) is 3.30. The van der Waals surface area contributed by atoms with Gasteiger partial charge >= 0.3 is 0 Å². The second-order valence-electron chi connectivity index (χ2n) is 4.32. The van der Waals surface area contributed by atoms with E-state index in [1.165, 1.54) is 28.9 Å². The summed E-state index contributed by atoms with van der Waals surface area (Å²) in [5, 5.41) is 14.0. The number of sulfonamides is 2. The predicted octanol–water partition coefficient (Wildman–Crippen LogP) is -0.247. The first-order valence-corrected chi connectivity index (χ1v) is 9.58. The van der Waals surface area contributed by atoms with Gasteiger partial charge < -0.3 is 0 Å². The Bertz CT molecular complexity index is 1080. The van der Waals surface area contributed by atoms with E-state index in [1.807, 2.05) is 0 Å². The van der Waals surface area contributed by atoms with Gasteiger partial charge in [-0.2, -0.15) is 0 Å². The summed E-state index contributed by atoms with van der Waals surface area (Å²) >= 11 is 0.814. The number of primary sulfonamides is 2. The quantitative estimate of drug-likeness (QED) is 0.658. The lowest BCUT2D eigenvalue weighted by molar-refractivity contribution is 0.594. The number of benzene rings is 1. The van der Waals surface area contributed by atoms with Gasteiger partial charge in [0.1, 0.15) is 0 Å². The van der Waals surface area contributed by atoms with Gasteiger partial charge in [0.15, 0.2) is 0 Å². The molecule has 0 radical (unpaired) electrons. The third-order valence-electron chi connectivity index (χ3n) is 2.77. The molecule has 0 unspecified atom stereocenters. The average Bonchev–Trinajstić information content (AvgIpc) is 2.96. The van der Waals surface area contributed by atoms with E-state index >= 15 is 0 Å². The van der Waals surface area contributed by atoms with Gasteiger partial charge in [-0.05, 0) is 12.1 Å². The molecule has 0 aliphatic carbocycles. The zero-order valence-corrected chi connectivity index (χ0v) is 13.2. The van der Waals surface area contributed by atoms with E-state index < -0.39 is 20.0 Å². The highest BCUT2D eigenvalue weighted by atomic mass is 32.2. The van der Waals surface area contributed by atoms with Crippen molar-refractivity contribution in [2.75, 3.05) is 0 Å². The van der Waals surface area contributed by atoms with Crippen LogP contribution in [0.2, 0.25) is 0 Å². The van der Waals surface area contributed by atoms with E-state index in [0.29, 0.717) is 16.2 Å². The average molecular weight is 359 g/mol.